The van der Waals surface area contributed by atoms with E-state index in [-0.39, 0.29) is 34.3 Å². The molecular formula is C20H29F3N8OS. The summed E-state index contributed by atoms with van der Waals surface area (Å²) < 4.78 is 41.8. The minimum absolute atomic E-state index is 0.0408. The first-order valence-electron chi connectivity index (χ1n) is 10.5. The van der Waals surface area contributed by atoms with Gasteiger partial charge in [-0.1, -0.05) is 11.8 Å². The summed E-state index contributed by atoms with van der Waals surface area (Å²) in [6.07, 6.45) is -3.10. The highest BCUT2D eigenvalue weighted by Crippen LogP contribution is 2.32. The van der Waals surface area contributed by atoms with Gasteiger partial charge in [0.1, 0.15) is 5.69 Å². The lowest BCUT2D eigenvalue weighted by atomic mass is 9.81. The van der Waals surface area contributed by atoms with Crippen LogP contribution in [-0.4, -0.2) is 53.0 Å². The summed E-state index contributed by atoms with van der Waals surface area (Å²) >= 11 is 1.14. The number of hydrogen-bond acceptors (Lipinski definition) is 7. The van der Waals surface area contributed by atoms with Crippen molar-refractivity contribution in [3.8, 4) is 11.5 Å². The van der Waals surface area contributed by atoms with Crippen LogP contribution in [0.2, 0.25) is 0 Å². The van der Waals surface area contributed by atoms with E-state index in [1.807, 2.05) is 6.92 Å². The number of aromatic nitrogens is 5. The molecule has 2 aromatic rings. The van der Waals surface area contributed by atoms with Gasteiger partial charge >= 0.3 is 6.18 Å². The average Bonchev–Trinajstić information content (AvgIpc) is 3.24. The van der Waals surface area contributed by atoms with Crippen LogP contribution in [-0.2, 0) is 24.6 Å². The Hall–Kier alpha value is -2.41. The number of carbonyl (C=O) groups is 1. The molecule has 0 aromatic carbocycles. The fourth-order valence-electron chi connectivity index (χ4n) is 4.16. The summed E-state index contributed by atoms with van der Waals surface area (Å²) in [5.41, 5.74) is 2.48. The van der Waals surface area contributed by atoms with Crippen molar-refractivity contribution in [2.75, 3.05) is 5.75 Å². The van der Waals surface area contributed by atoms with Gasteiger partial charge in [0.05, 0.1) is 5.75 Å². The van der Waals surface area contributed by atoms with Gasteiger partial charge in [-0.15, -0.1) is 10.2 Å². The van der Waals surface area contributed by atoms with Crippen LogP contribution in [0.15, 0.2) is 16.3 Å². The molecule has 1 fully saturated rings. The molecule has 1 saturated heterocycles. The number of aryl methyl sites for hydroxylation is 1. The van der Waals surface area contributed by atoms with Crippen molar-refractivity contribution in [1.29, 1.82) is 0 Å². The molecule has 1 amide bonds. The van der Waals surface area contributed by atoms with E-state index in [1.165, 1.54) is 7.05 Å². The Morgan fingerprint density at radius 2 is 1.88 bits per heavy atom. The van der Waals surface area contributed by atoms with Crippen LogP contribution in [0.1, 0.15) is 53.2 Å². The first kappa shape index (κ1) is 25.2. The van der Waals surface area contributed by atoms with Crippen molar-refractivity contribution >= 4 is 23.4 Å². The quantitative estimate of drug-likeness (QED) is 0.480. The number of thioether (sulfide) groups is 1. The summed E-state index contributed by atoms with van der Waals surface area (Å²) in [5.74, 6) is -0.00173. The molecule has 0 spiro atoms. The summed E-state index contributed by atoms with van der Waals surface area (Å²) in [6.45, 7) is 10.6. The molecule has 0 atom stereocenters. The van der Waals surface area contributed by atoms with Gasteiger partial charge in [0, 0.05) is 43.2 Å². The van der Waals surface area contributed by atoms with Gasteiger partial charge in [0.25, 0.3) is 5.91 Å². The molecule has 2 aromatic heterocycles. The van der Waals surface area contributed by atoms with Crippen LogP contribution >= 0.6 is 11.8 Å². The van der Waals surface area contributed by atoms with Crippen LogP contribution in [0.4, 0.5) is 13.2 Å². The Labute approximate surface area is 194 Å². The first-order chi connectivity index (χ1) is 15.2. The van der Waals surface area contributed by atoms with Crippen LogP contribution in [0.25, 0.3) is 11.5 Å². The molecule has 0 bridgehead atoms. The van der Waals surface area contributed by atoms with E-state index in [9.17, 15) is 18.0 Å². The largest absolute Gasteiger partial charge is 0.435 e. The van der Waals surface area contributed by atoms with Crippen molar-refractivity contribution in [3.05, 3.63) is 11.8 Å². The van der Waals surface area contributed by atoms with Crippen molar-refractivity contribution in [1.82, 2.24) is 35.3 Å². The third kappa shape index (κ3) is 6.14. The Balaban J connectivity index is 1.67. The summed E-state index contributed by atoms with van der Waals surface area (Å²) in [5, 5.41) is 19.9. The van der Waals surface area contributed by atoms with E-state index < -0.39 is 11.9 Å². The molecular weight excluding hydrogens is 457 g/mol. The molecule has 182 valence electrons. The van der Waals surface area contributed by atoms with Gasteiger partial charge in [-0.25, -0.2) is 5.43 Å². The zero-order chi connectivity index (χ0) is 24.6. The molecule has 9 nitrogen and oxygen atoms in total. The summed E-state index contributed by atoms with van der Waals surface area (Å²) in [7, 11) is 1.42. The van der Waals surface area contributed by atoms with Crippen LogP contribution in [0.5, 0.6) is 0 Å². The predicted molar refractivity (Wildman–Crippen MR) is 120 cm³/mol. The molecule has 0 radical (unpaired) electrons. The SMILES string of the molecule is CCn1c(SCC(=O)NN=C2CC(C)(C)NC(C)(C)C2)nnc1-c1cc(C(F)(F)F)nn1C. The van der Waals surface area contributed by atoms with Crippen molar-refractivity contribution in [3.63, 3.8) is 0 Å². The Morgan fingerprint density at radius 3 is 2.42 bits per heavy atom. The van der Waals surface area contributed by atoms with Crippen molar-refractivity contribution in [2.24, 2.45) is 12.1 Å². The lowest BCUT2D eigenvalue weighted by Crippen LogP contribution is -2.58. The van der Waals surface area contributed by atoms with Crippen LogP contribution < -0.4 is 10.7 Å². The first-order valence-corrected chi connectivity index (χ1v) is 11.5. The topological polar surface area (TPSA) is 102 Å². The van der Waals surface area contributed by atoms with Gasteiger partial charge in [-0.3, -0.25) is 9.48 Å². The van der Waals surface area contributed by atoms with Crippen molar-refractivity contribution < 1.29 is 18.0 Å². The predicted octanol–water partition coefficient (Wildman–Crippen LogP) is 3.22. The number of carbonyl (C=O) groups excluding carboxylic acids is 1. The second kappa shape index (κ2) is 9.09. The van der Waals surface area contributed by atoms with Gasteiger partial charge in [0.15, 0.2) is 16.7 Å². The third-order valence-electron chi connectivity index (χ3n) is 5.07. The maximum absolute atomic E-state index is 13.0. The average molecular weight is 487 g/mol. The molecule has 2 N–H and O–H groups in total. The fourth-order valence-corrected chi connectivity index (χ4v) is 4.95. The highest BCUT2D eigenvalue weighted by atomic mass is 32.2. The highest BCUT2D eigenvalue weighted by Gasteiger charge is 2.36. The summed E-state index contributed by atoms with van der Waals surface area (Å²) in [6, 6.07) is 0.940. The summed E-state index contributed by atoms with van der Waals surface area (Å²) in [4.78, 5) is 12.4. The minimum Gasteiger partial charge on any atom is -0.306 e. The minimum atomic E-state index is -4.55. The lowest BCUT2D eigenvalue weighted by molar-refractivity contribution is -0.141. The maximum Gasteiger partial charge on any atom is 0.435 e. The Kier molecular flexibility index (Phi) is 6.94. The highest BCUT2D eigenvalue weighted by molar-refractivity contribution is 7.99. The molecule has 3 heterocycles. The Bertz CT molecular complexity index is 1040. The lowest BCUT2D eigenvalue weighted by Gasteiger charge is -2.43. The number of halogens is 3. The normalized spacial score (nSPS) is 17.8. The third-order valence-corrected chi connectivity index (χ3v) is 6.04. The van der Waals surface area contributed by atoms with Gasteiger partial charge in [0.2, 0.25) is 0 Å². The van der Waals surface area contributed by atoms with Gasteiger partial charge < -0.3 is 9.88 Å². The molecule has 3 rings (SSSR count). The second-order valence-electron chi connectivity index (χ2n) is 9.33. The molecule has 33 heavy (non-hydrogen) atoms. The number of piperidine rings is 1. The number of amides is 1. The Morgan fingerprint density at radius 1 is 1.24 bits per heavy atom. The standard InChI is InChI=1S/C20H29F3N8OS/c1-7-31-16(13-8-14(20(21,22)23)28-30(13)6)26-27-17(31)33-11-15(32)25-24-12-9-18(2,3)29-19(4,5)10-12/h8,29H,7,9-11H2,1-6H3,(H,25,32). The molecule has 13 heteroatoms. The van der Waals surface area contributed by atoms with E-state index in [0.717, 1.165) is 41.1 Å². The van der Waals surface area contributed by atoms with E-state index in [2.05, 4.69) is 58.8 Å². The van der Waals surface area contributed by atoms with E-state index >= 15 is 0 Å². The van der Waals surface area contributed by atoms with E-state index in [0.29, 0.717) is 11.7 Å². The molecule has 1 aliphatic heterocycles. The van der Waals surface area contributed by atoms with Gasteiger partial charge in [-0.05, 0) is 40.7 Å². The van der Waals surface area contributed by atoms with Gasteiger partial charge in [-0.2, -0.15) is 23.4 Å². The monoisotopic (exact) mass is 486 g/mol. The maximum atomic E-state index is 13.0. The number of alkyl halides is 3. The van der Waals surface area contributed by atoms with E-state index in [4.69, 9.17) is 0 Å². The van der Waals surface area contributed by atoms with Crippen molar-refractivity contribution in [2.45, 2.75) is 76.4 Å². The van der Waals surface area contributed by atoms with Crippen LogP contribution in [0, 0.1) is 0 Å². The van der Waals surface area contributed by atoms with Crippen LogP contribution in [0.3, 0.4) is 0 Å². The zero-order valence-electron chi connectivity index (χ0n) is 19.5. The number of rotatable bonds is 6. The van der Waals surface area contributed by atoms with E-state index in [1.54, 1.807) is 4.57 Å². The molecule has 0 unspecified atom stereocenters. The number of nitrogens with one attached hydrogen (secondary N) is 2. The fraction of sp³-hybridized carbons (Fsp3) is 0.650. The smallest absolute Gasteiger partial charge is 0.306 e. The number of hydrogen-bond donors (Lipinski definition) is 2. The molecule has 0 saturated carbocycles. The number of hydrazone groups is 1. The zero-order valence-corrected chi connectivity index (χ0v) is 20.4. The molecule has 1 aliphatic rings. The number of nitrogens with zero attached hydrogens (tertiary/aromatic N) is 6. The second-order valence-corrected chi connectivity index (χ2v) is 10.3. The molecule has 0 aliphatic carbocycles.